The van der Waals surface area contributed by atoms with Crippen molar-refractivity contribution in [2.75, 3.05) is 0 Å². The molecule has 1 saturated carbocycles. The molecule has 0 saturated heterocycles. The van der Waals surface area contributed by atoms with Crippen LogP contribution in [-0.4, -0.2) is 11.1 Å². The van der Waals surface area contributed by atoms with Gasteiger partial charge in [-0.3, -0.25) is 4.79 Å². The summed E-state index contributed by atoms with van der Waals surface area (Å²) in [5.41, 5.74) is 0.879. The lowest BCUT2D eigenvalue weighted by Crippen LogP contribution is -2.38. The van der Waals surface area contributed by atoms with Crippen molar-refractivity contribution in [1.82, 2.24) is 0 Å². The quantitative estimate of drug-likeness (QED) is 0.867. The van der Waals surface area contributed by atoms with Gasteiger partial charge in [0.1, 0.15) is 0 Å². The van der Waals surface area contributed by atoms with Crippen molar-refractivity contribution in [1.29, 1.82) is 5.26 Å². The molecule has 1 aliphatic rings. The number of rotatable bonds is 2. The van der Waals surface area contributed by atoms with E-state index in [1.54, 1.807) is 0 Å². The zero-order chi connectivity index (χ0) is 13.2. The second-order valence-corrected chi connectivity index (χ2v) is 5.10. The van der Waals surface area contributed by atoms with Gasteiger partial charge in [0, 0.05) is 5.92 Å². The number of hydrogen-bond donors (Lipinski definition) is 1. The molecule has 1 aromatic carbocycles. The van der Waals surface area contributed by atoms with E-state index in [1.807, 2.05) is 31.2 Å². The van der Waals surface area contributed by atoms with Gasteiger partial charge in [-0.2, -0.15) is 5.26 Å². The molecule has 1 fully saturated rings. The molecule has 0 aromatic heterocycles. The maximum absolute atomic E-state index is 11.5. The number of aryl methyl sites for hydroxylation is 1. The molecule has 0 heterocycles. The molecule has 0 bridgehead atoms. The molecule has 3 heteroatoms. The summed E-state index contributed by atoms with van der Waals surface area (Å²) in [5.74, 6) is -1.16. The highest BCUT2D eigenvalue weighted by Gasteiger charge is 2.48. The van der Waals surface area contributed by atoms with Crippen molar-refractivity contribution >= 4 is 5.97 Å². The van der Waals surface area contributed by atoms with Crippen LogP contribution in [0.25, 0.3) is 0 Å². The van der Waals surface area contributed by atoms with Crippen molar-refractivity contribution in [3.05, 3.63) is 35.4 Å². The van der Waals surface area contributed by atoms with E-state index in [1.165, 1.54) is 0 Å². The predicted molar refractivity (Wildman–Crippen MR) is 68.1 cm³/mol. The van der Waals surface area contributed by atoms with Crippen LogP contribution in [-0.2, 0) is 4.79 Å². The topological polar surface area (TPSA) is 61.1 Å². The molecule has 1 N–H and O–H groups in total. The first-order valence-electron chi connectivity index (χ1n) is 6.31. The maximum Gasteiger partial charge on any atom is 0.324 e. The molecule has 2 rings (SSSR count). The van der Waals surface area contributed by atoms with E-state index in [0.29, 0.717) is 6.42 Å². The number of carboxylic acid groups (broad SMARTS) is 1. The fourth-order valence-electron chi connectivity index (χ4n) is 2.86. The van der Waals surface area contributed by atoms with E-state index in [-0.39, 0.29) is 5.92 Å². The summed E-state index contributed by atoms with van der Waals surface area (Å²) in [6.07, 6.45) is 3.05. The van der Waals surface area contributed by atoms with Crippen LogP contribution in [0.4, 0.5) is 0 Å². The van der Waals surface area contributed by atoms with E-state index in [9.17, 15) is 15.2 Å². The van der Waals surface area contributed by atoms with Gasteiger partial charge in [0.25, 0.3) is 0 Å². The Hall–Kier alpha value is -1.82. The van der Waals surface area contributed by atoms with Crippen LogP contribution in [0.15, 0.2) is 24.3 Å². The average molecular weight is 243 g/mol. The summed E-state index contributed by atoms with van der Waals surface area (Å²) >= 11 is 0. The Morgan fingerprint density at radius 2 is 2.06 bits per heavy atom. The monoisotopic (exact) mass is 243 g/mol. The molecule has 1 aliphatic carbocycles. The van der Waals surface area contributed by atoms with Crippen LogP contribution < -0.4 is 0 Å². The van der Waals surface area contributed by atoms with Gasteiger partial charge < -0.3 is 5.11 Å². The Morgan fingerprint density at radius 1 is 1.39 bits per heavy atom. The van der Waals surface area contributed by atoms with Crippen molar-refractivity contribution in [2.45, 2.75) is 38.5 Å². The van der Waals surface area contributed by atoms with E-state index in [4.69, 9.17) is 0 Å². The summed E-state index contributed by atoms with van der Waals surface area (Å²) in [6.45, 7) is 2.00. The first kappa shape index (κ1) is 12.6. The third-order valence-corrected chi connectivity index (χ3v) is 3.97. The minimum atomic E-state index is -1.24. The summed E-state index contributed by atoms with van der Waals surface area (Å²) < 4.78 is 0. The highest BCUT2D eigenvalue weighted by molar-refractivity contribution is 5.79. The van der Waals surface area contributed by atoms with Crippen molar-refractivity contribution < 1.29 is 9.90 Å². The lowest BCUT2D eigenvalue weighted by atomic mass is 9.64. The molecule has 0 radical (unpaired) electrons. The Balaban J connectivity index is 2.43. The Bertz CT molecular complexity index is 486. The number of aliphatic carboxylic acids is 1. The summed E-state index contributed by atoms with van der Waals surface area (Å²) in [4.78, 5) is 11.5. The predicted octanol–water partition coefficient (Wildman–Crippen LogP) is 3.25. The standard InChI is InChI=1S/C15H17NO2/c1-11-5-7-12(8-6-11)13-4-2-3-9-15(13,10-16)14(17)18/h5-8,13H,2-4,9H2,1H3,(H,17,18). The maximum atomic E-state index is 11.5. The molecular formula is C15H17NO2. The van der Waals surface area contributed by atoms with Gasteiger partial charge in [0.15, 0.2) is 5.41 Å². The Labute approximate surface area is 107 Å². The van der Waals surface area contributed by atoms with E-state index >= 15 is 0 Å². The van der Waals surface area contributed by atoms with Crippen LogP contribution in [0.5, 0.6) is 0 Å². The molecule has 18 heavy (non-hydrogen) atoms. The smallest absolute Gasteiger partial charge is 0.324 e. The zero-order valence-corrected chi connectivity index (χ0v) is 10.5. The molecule has 0 amide bonds. The lowest BCUT2D eigenvalue weighted by Gasteiger charge is -2.35. The normalized spacial score (nSPS) is 27.4. The molecule has 2 unspecified atom stereocenters. The van der Waals surface area contributed by atoms with Gasteiger partial charge in [-0.15, -0.1) is 0 Å². The summed E-state index contributed by atoms with van der Waals surface area (Å²) in [5, 5.41) is 18.8. The Morgan fingerprint density at radius 3 is 2.61 bits per heavy atom. The fourth-order valence-corrected chi connectivity index (χ4v) is 2.86. The van der Waals surface area contributed by atoms with Crippen LogP contribution in [0.3, 0.4) is 0 Å². The summed E-state index contributed by atoms with van der Waals surface area (Å²) in [6, 6.07) is 9.96. The van der Waals surface area contributed by atoms with Gasteiger partial charge in [0.05, 0.1) is 6.07 Å². The van der Waals surface area contributed by atoms with E-state index in [2.05, 4.69) is 6.07 Å². The molecule has 94 valence electrons. The molecule has 2 atom stereocenters. The minimum absolute atomic E-state index is 0.186. The lowest BCUT2D eigenvalue weighted by molar-refractivity contribution is -0.148. The van der Waals surface area contributed by atoms with Crippen LogP contribution in [0.1, 0.15) is 42.7 Å². The van der Waals surface area contributed by atoms with E-state index < -0.39 is 11.4 Å². The Kier molecular flexibility index (Phi) is 3.38. The molecule has 1 aromatic rings. The second-order valence-electron chi connectivity index (χ2n) is 5.10. The fraction of sp³-hybridized carbons (Fsp3) is 0.467. The van der Waals surface area contributed by atoms with Crippen molar-refractivity contribution in [2.24, 2.45) is 5.41 Å². The van der Waals surface area contributed by atoms with Crippen LogP contribution >= 0.6 is 0 Å². The number of carboxylic acids is 1. The number of hydrogen-bond acceptors (Lipinski definition) is 2. The zero-order valence-electron chi connectivity index (χ0n) is 10.5. The summed E-state index contributed by atoms with van der Waals surface area (Å²) in [7, 11) is 0. The van der Waals surface area contributed by atoms with Crippen LogP contribution in [0, 0.1) is 23.7 Å². The highest BCUT2D eigenvalue weighted by Crippen LogP contribution is 2.47. The molecule has 0 aliphatic heterocycles. The average Bonchev–Trinajstić information content (AvgIpc) is 2.39. The SMILES string of the molecule is Cc1ccc(C2CCCCC2(C#N)C(=O)O)cc1. The minimum Gasteiger partial charge on any atom is -0.480 e. The first-order chi connectivity index (χ1) is 8.60. The van der Waals surface area contributed by atoms with Gasteiger partial charge >= 0.3 is 5.97 Å². The number of carbonyl (C=O) groups is 1. The van der Waals surface area contributed by atoms with Gasteiger partial charge in [-0.25, -0.2) is 0 Å². The van der Waals surface area contributed by atoms with Gasteiger partial charge in [0.2, 0.25) is 0 Å². The highest BCUT2D eigenvalue weighted by atomic mass is 16.4. The van der Waals surface area contributed by atoms with Crippen LogP contribution in [0.2, 0.25) is 0 Å². The molecule has 0 spiro atoms. The second kappa shape index (κ2) is 4.81. The number of nitrogens with zero attached hydrogens (tertiary/aromatic N) is 1. The molecule has 3 nitrogen and oxygen atoms in total. The van der Waals surface area contributed by atoms with Gasteiger partial charge in [-0.05, 0) is 25.3 Å². The van der Waals surface area contributed by atoms with Gasteiger partial charge in [-0.1, -0.05) is 42.7 Å². The number of benzene rings is 1. The first-order valence-corrected chi connectivity index (χ1v) is 6.31. The molecular weight excluding hydrogens is 226 g/mol. The van der Waals surface area contributed by atoms with E-state index in [0.717, 1.165) is 30.4 Å². The number of nitriles is 1. The third kappa shape index (κ3) is 1.99. The van der Waals surface area contributed by atoms with Crippen molar-refractivity contribution in [3.8, 4) is 6.07 Å². The largest absolute Gasteiger partial charge is 0.480 e. The van der Waals surface area contributed by atoms with Crippen molar-refractivity contribution in [3.63, 3.8) is 0 Å². The third-order valence-electron chi connectivity index (χ3n) is 3.97.